The minimum atomic E-state index is -0.427. The summed E-state index contributed by atoms with van der Waals surface area (Å²) in [6.45, 7) is 15.9. The summed E-state index contributed by atoms with van der Waals surface area (Å²) in [6.07, 6.45) is 8.09. The number of carbonyl (C=O) groups excluding carboxylic acids is 2. The normalized spacial score (nSPS) is 17.5. The molecule has 2 amide bonds. The molecule has 10 nitrogen and oxygen atoms in total. The average molecular weight is 511 g/mol. The molecule has 2 heterocycles. The number of hydrogen-bond acceptors (Lipinski definition) is 6. The summed E-state index contributed by atoms with van der Waals surface area (Å²) in [5, 5.41) is 3.54. The lowest BCUT2D eigenvalue weighted by Crippen LogP contribution is -2.41. The van der Waals surface area contributed by atoms with E-state index in [1.807, 2.05) is 46.4 Å². The number of nitrogens with two attached hydrogens (primary N) is 1. The van der Waals surface area contributed by atoms with E-state index in [1.165, 1.54) is 6.42 Å². The highest BCUT2D eigenvalue weighted by molar-refractivity contribution is 5.68. The van der Waals surface area contributed by atoms with Gasteiger partial charge in [-0.1, -0.05) is 11.5 Å². The predicted octanol–water partition coefficient (Wildman–Crippen LogP) is 6.10. The van der Waals surface area contributed by atoms with Gasteiger partial charge in [0.05, 0.1) is 0 Å². The van der Waals surface area contributed by atoms with Gasteiger partial charge in [0.25, 0.3) is 0 Å². The van der Waals surface area contributed by atoms with Gasteiger partial charge in [0.2, 0.25) is 0 Å². The minimum Gasteiger partial charge on any atom is -0.444 e. The van der Waals surface area contributed by atoms with Crippen LogP contribution in [-0.2, 0) is 9.47 Å². The van der Waals surface area contributed by atoms with E-state index in [-0.39, 0.29) is 12.2 Å². The molecule has 0 saturated carbocycles. The Bertz CT molecular complexity index is 696. The molecule has 2 fully saturated rings. The second-order valence-corrected chi connectivity index (χ2v) is 11.8. The van der Waals surface area contributed by atoms with Crippen molar-refractivity contribution in [1.29, 1.82) is 0 Å². The number of carbonyl (C=O) groups is 2. The van der Waals surface area contributed by atoms with Crippen LogP contribution in [0, 0.1) is 11.8 Å². The molecule has 0 aliphatic carbocycles. The zero-order chi connectivity index (χ0) is 27.2. The lowest BCUT2D eigenvalue weighted by atomic mass is 9.92. The topological polar surface area (TPSA) is 134 Å². The van der Waals surface area contributed by atoms with Crippen LogP contribution in [0.3, 0.4) is 0 Å². The molecule has 0 aromatic carbocycles. The lowest BCUT2D eigenvalue weighted by molar-refractivity contribution is 0.0170. The van der Waals surface area contributed by atoms with Crippen LogP contribution in [0.1, 0.15) is 92.9 Å². The summed E-state index contributed by atoms with van der Waals surface area (Å²) in [5.41, 5.74) is 12.9. The summed E-state index contributed by atoms with van der Waals surface area (Å²) < 4.78 is 10.7. The van der Waals surface area contributed by atoms with Crippen LogP contribution in [0.5, 0.6) is 0 Å². The Morgan fingerprint density at radius 3 is 1.56 bits per heavy atom. The van der Waals surface area contributed by atoms with Crippen molar-refractivity contribution in [3.8, 4) is 0 Å². The Balaban J connectivity index is 0.000000362. The molecule has 10 heteroatoms. The molecule has 2 rings (SSSR count). The molecule has 208 valence electrons. The maximum absolute atomic E-state index is 11.9. The minimum absolute atomic E-state index is 0.172. The van der Waals surface area contributed by atoms with Crippen molar-refractivity contribution in [2.45, 2.75) is 104 Å². The van der Waals surface area contributed by atoms with Crippen molar-refractivity contribution in [2.75, 3.05) is 39.3 Å². The Hall–Kier alpha value is -2.19. The van der Waals surface area contributed by atoms with Crippen LogP contribution in [-0.4, -0.2) is 72.5 Å². The molecule has 0 spiro atoms. The largest absolute Gasteiger partial charge is 0.444 e. The third-order valence-corrected chi connectivity index (χ3v) is 6.28. The van der Waals surface area contributed by atoms with Gasteiger partial charge in [0.1, 0.15) is 11.2 Å². The number of rotatable bonds is 7. The number of hydrogen-bond donors (Lipinski definition) is 1. The Morgan fingerprint density at radius 2 is 1.22 bits per heavy atom. The Morgan fingerprint density at radius 1 is 0.833 bits per heavy atom. The van der Waals surface area contributed by atoms with Crippen LogP contribution in [0.4, 0.5) is 9.59 Å². The van der Waals surface area contributed by atoms with E-state index in [1.54, 1.807) is 4.90 Å². The summed E-state index contributed by atoms with van der Waals surface area (Å²) in [4.78, 5) is 30.0. The number of amides is 2. The SMILES string of the molecule is CC(C)(C)OC(=O)N1CCC(CCCN)CC1.CC(C)(C)OC(=O)N1CCC(CCCN=[N+]=[N-])CC1. The molecule has 0 bridgehead atoms. The van der Waals surface area contributed by atoms with Gasteiger partial charge in [-0.25, -0.2) is 9.59 Å². The van der Waals surface area contributed by atoms with Gasteiger partial charge in [-0.3, -0.25) is 0 Å². The van der Waals surface area contributed by atoms with Gasteiger partial charge in [-0.05, 0) is 110 Å². The zero-order valence-corrected chi connectivity index (χ0v) is 23.5. The van der Waals surface area contributed by atoms with E-state index in [2.05, 4.69) is 10.0 Å². The first-order chi connectivity index (χ1) is 16.8. The predicted molar refractivity (Wildman–Crippen MR) is 143 cm³/mol. The molecule has 2 saturated heterocycles. The first-order valence-corrected chi connectivity index (χ1v) is 13.5. The molecule has 2 aliphatic rings. The second kappa shape index (κ2) is 15.8. The van der Waals surface area contributed by atoms with Crippen LogP contribution in [0.2, 0.25) is 0 Å². The number of azide groups is 1. The van der Waals surface area contributed by atoms with Gasteiger partial charge in [-0.15, -0.1) is 0 Å². The van der Waals surface area contributed by atoms with Crippen molar-refractivity contribution in [2.24, 2.45) is 22.7 Å². The summed E-state index contributed by atoms with van der Waals surface area (Å²) >= 11 is 0. The van der Waals surface area contributed by atoms with E-state index >= 15 is 0 Å². The van der Waals surface area contributed by atoms with E-state index in [4.69, 9.17) is 20.7 Å². The molecular formula is C26H50N6O4. The van der Waals surface area contributed by atoms with Crippen molar-refractivity contribution < 1.29 is 19.1 Å². The maximum atomic E-state index is 11.9. The summed E-state index contributed by atoms with van der Waals surface area (Å²) in [6, 6.07) is 0. The molecule has 0 aromatic rings. The first-order valence-electron chi connectivity index (χ1n) is 13.5. The van der Waals surface area contributed by atoms with Gasteiger partial charge in [0.15, 0.2) is 0 Å². The quantitative estimate of drug-likeness (QED) is 0.191. The maximum Gasteiger partial charge on any atom is 0.410 e. The Labute approximate surface area is 217 Å². The van der Waals surface area contributed by atoms with Crippen molar-refractivity contribution >= 4 is 12.2 Å². The number of piperidine rings is 2. The molecule has 0 radical (unpaired) electrons. The van der Waals surface area contributed by atoms with Gasteiger partial charge >= 0.3 is 12.2 Å². The van der Waals surface area contributed by atoms with Crippen LogP contribution in [0.25, 0.3) is 10.4 Å². The van der Waals surface area contributed by atoms with E-state index in [0.717, 1.165) is 83.6 Å². The third-order valence-electron chi connectivity index (χ3n) is 6.28. The smallest absolute Gasteiger partial charge is 0.410 e. The van der Waals surface area contributed by atoms with Gasteiger partial charge in [-0.2, -0.15) is 0 Å². The molecule has 0 atom stereocenters. The third kappa shape index (κ3) is 14.4. The molecule has 2 N–H and O–H groups in total. The fraction of sp³-hybridized carbons (Fsp3) is 0.923. The monoisotopic (exact) mass is 510 g/mol. The second-order valence-electron chi connectivity index (χ2n) is 11.8. The Kier molecular flexibility index (Phi) is 14.0. The van der Waals surface area contributed by atoms with E-state index < -0.39 is 11.2 Å². The molecule has 2 aliphatic heterocycles. The standard InChI is InChI=1S/C13H24N4O2.C13H26N2O2/c1-13(2,3)19-12(18)17-9-6-11(7-10-17)5-4-8-15-16-14;1-13(2,3)17-12(16)15-9-6-11(7-10-15)5-4-8-14/h11H,4-10H2,1-3H3;11H,4-10,14H2,1-3H3. The summed E-state index contributed by atoms with van der Waals surface area (Å²) in [7, 11) is 0. The van der Waals surface area contributed by atoms with Crippen LogP contribution in [0.15, 0.2) is 5.11 Å². The van der Waals surface area contributed by atoms with Gasteiger partial charge < -0.3 is 25.0 Å². The molecule has 0 unspecified atom stereocenters. The van der Waals surface area contributed by atoms with Crippen LogP contribution < -0.4 is 5.73 Å². The highest BCUT2D eigenvalue weighted by Crippen LogP contribution is 2.24. The van der Waals surface area contributed by atoms with Crippen molar-refractivity contribution in [3.63, 3.8) is 0 Å². The first kappa shape index (κ1) is 31.8. The average Bonchev–Trinajstić information content (AvgIpc) is 2.79. The zero-order valence-electron chi connectivity index (χ0n) is 23.5. The fourth-order valence-electron chi connectivity index (χ4n) is 4.36. The van der Waals surface area contributed by atoms with Crippen molar-refractivity contribution in [1.82, 2.24) is 9.80 Å². The molecular weight excluding hydrogens is 460 g/mol. The van der Waals surface area contributed by atoms with Crippen LogP contribution >= 0.6 is 0 Å². The summed E-state index contributed by atoms with van der Waals surface area (Å²) in [5.74, 6) is 1.37. The number of ether oxygens (including phenoxy) is 2. The lowest BCUT2D eigenvalue weighted by Gasteiger charge is -2.33. The highest BCUT2D eigenvalue weighted by atomic mass is 16.6. The van der Waals surface area contributed by atoms with E-state index in [9.17, 15) is 9.59 Å². The van der Waals surface area contributed by atoms with Crippen molar-refractivity contribution in [3.05, 3.63) is 10.4 Å². The van der Waals surface area contributed by atoms with E-state index in [0.29, 0.717) is 12.5 Å². The fourth-order valence-corrected chi connectivity index (χ4v) is 4.36. The number of nitrogens with zero attached hydrogens (tertiary/aromatic N) is 5. The van der Waals surface area contributed by atoms with Gasteiger partial charge in [0, 0.05) is 37.6 Å². The molecule has 0 aromatic heterocycles. The number of likely N-dealkylation sites (tertiary alicyclic amines) is 2. The highest BCUT2D eigenvalue weighted by Gasteiger charge is 2.27. The molecule has 36 heavy (non-hydrogen) atoms.